The van der Waals surface area contributed by atoms with Crippen LogP contribution in [-0.2, 0) is 11.3 Å². The van der Waals surface area contributed by atoms with E-state index in [1.807, 2.05) is 67.6 Å². The van der Waals surface area contributed by atoms with Crippen LogP contribution in [0.4, 0.5) is 0 Å². The Kier molecular flexibility index (Phi) is 6.51. The van der Waals surface area contributed by atoms with Crippen molar-refractivity contribution in [3.8, 4) is 5.75 Å². The highest BCUT2D eigenvalue weighted by molar-refractivity contribution is 5.94. The molecule has 1 unspecified atom stereocenters. The van der Waals surface area contributed by atoms with E-state index in [1.165, 1.54) is 0 Å². The van der Waals surface area contributed by atoms with E-state index >= 15 is 0 Å². The summed E-state index contributed by atoms with van der Waals surface area (Å²) < 4.78 is 11.4. The van der Waals surface area contributed by atoms with Crippen LogP contribution < -0.4 is 15.4 Å². The molecule has 32 heavy (non-hydrogen) atoms. The summed E-state index contributed by atoms with van der Waals surface area (Å²) in [5, 5.41) is 6.73. The molecule has 0 aliphatic rings. The third kappa shape index (κ3) is 5.35. The first-order valence-electron chi connectivity index (χ1n) is 10.4. The predicted molar refractivity (Wildman–Crippen MR) is 122 cm³/mol. The minimum Gasteiger partial charge on any atom is -0.484 e. The number of amides is 2. The molecule has 2 amide bonds. The quantitative estimate of drug-likeness (QED) is 0.429. The number of hydrogen-bond acceptors (Lipinski definition) is 4. The summed E-state index contributed by atoms with van der Waals surface area (Å²) in [6, 6.07) is 25.8. The van der Waals surface area contributed by atoms with Gasteiger partial charge in [0.25, 0.3) is 11.8 Å². The number of para-hydroxylation sites is 1. The maximum Gasteiger partial charge on any atom is 0.258 e. The summed E-state index contributed by atoms with van der Waals surface area (Å²) in [6.45, 7) is 2.12. The molecule has 4 aromatic rings. The van der Waals surface area contributed by atoms with Gasteiger partial charge in [-0.1, -0.05) is 54.6 Å². The second-order valence-corrected chi connectivity index (χ2v) is 7.46. The number of carbonyl (C=O) groups is 2. The summed E-state index contributed by atoms with van der Waals surface area (Å²) in [5.41, 5.74) is 2.26. The van der Waals surface area contributed by atoms with Crippen molar-refractivity contribution in [3.63, 3.8) is 0 Å². The molecule has 0 aliphatic heterocycles. The molecule has 1 heterocycles. The molecule has 1 atom stereocenters. The predicted octanol–water partition coefficient (Wildman–Crippen LogP) is 4.62. The lowest BCUT2D eigenvalue weighted by Crippen LogP contribution is -2.31. The molecule has 162 valence electrons. The molecule has 6 nitrogen and oxygen atoms in total. The van der Waals surface area contributed by atoms with Crippen LogP contribution in [0.1, 0.15) is 34.6 Å². The molecular formula is C26H24N2O4. The fourth-order valence-corrected chi connectivity index (χ4v) is 3.33. The highest BCUT2D eigenvalue weighted by Gasteiger charge is 2.15. The number of ether oxygens (including phenoxy) is 1. The van der Waals surface area contributed by atoms with Crippen LogP contribution in [0.3, 0.4) is 0 Å². The Morgan fingerprint density at radius 2 is 1.72 bits per heavy atom. The topological polar surface area (TPSA) is 80.6 Å². The van der Waals surface area contributed by atoms with Crippen molar-refractivity contribution >= 4 is 22.8 Å². The van der Waals surface area contributed by atoms with Gasteiger partial charge in [0.2, 0.25) is 0 Å². The van der Waals surface area contributed by atoms with Crippen molar-refractivity contribution in [3.05, 3.63) is 102 Å². The maximum absolute atomic E-state index is 12.4. The van der Waals surface area contributed by atoms with Crippen LogP contribution in [0.5, 0.6) is 5.75 Å². The first-order valence-corrected chi connectivity index (χ1v) is 10.4. The van der Waals surface area contributed by atoms with Crippen LogP contribution in [0.2, 0.25) is 0 Å². The average Bonchev–Trinajstić information content (AvgIpc) is 3.27. The van der Waals surface area contributed by atoms with E-state index in [2.05, 4.69) is 10.6 Å². The van der Waals surface area contributed by atoms with Gasteiger partial charge in [0.05, 0.1) is 6.04 Å². The zero-order chi connectivity index (χ0) is 22.3. The lowest BCUT2D eigenvalue weighted by atomic mass is 10.2. The minimum atomic E-state index is -0.298. The number of rotatable bonds is 8. The van der Waals surface area contributed by atoms with Crippen LogP contribution in [0.25, 0.3) is 11.0 Å². The van der Waals surface area contributed by atoms with E-state index in [-0.39, 0.29) is 24.5 Å². The van der Waals surface area contributed by atoms with E-state index in [9.17, 15) is 9.59 Å². The second-order valence-electron chi connectivity index (χ2n) is 7.46. The van der Waals surface area contributed by atoms with Gasteiger partial charge >= 0.3 is 0 Å². The van der Waals surface area contributed by atoms with Crippen molar-refractivity contribution in [1.82, 2.24) is 10.6 Å². The van der Waals surface area contributed by atoms with E-state index in [4.69, 9.17) is 9.15 Å². The van der Waals surface area contributed by atoms with Crippen LogP contribution in [0, 0.1) is 0 Å². The van der Waals surface area contributed by atoms with Crippen LogP contribution in [0.15, 0.2) is 89.3 Å². The van der Waals surface area contributed by atoms with Crippen molar-refractivity contribution in [2.24, 2.45) is 0 Å². The summed E-state index contributed by atoms with van der Waals surface area (Å²) in [4.78, 5) is 24.8. The largest absolute Gasteiger partial charge is 0.484 e. The summed E-state index contributed by atoms with van der Waals surface area (Å²) in [5.74, 6) is 0.639. The Morgan fingerprint density at radius 1 is 0.938 bits per heavy atom. The van der Waals surface area contributed by atoms with Gasteiger partial charge in [0.1, 0.15) is 17.1 Å². The smallest absolute Gasteiger partial charge is 0.258 e. The van der Waals surface area contributed by atoms with Crippen LogP contribution >= 0.6 is 0 Å². The Balaban J connectivity index is 1.29. The molecule has 3 aromatic carbocycles. The van der Waals surface area contributed by atoms with E-state index < -0.39 is 0 Å². The Hall–Kier alpha value is -4.06. The van der Waals surface area contributed by atoms with Crippen LogP contribution in [-0.4, -0.2) is 18.4 Å². The minimum absolute atomic E-state index is 0.167. The van der Waals surface area contributed by atoms with Crippen molar-refractivity contribution in [2.75, 3.05) is 6.61 Å². The molecule has 2 N–H and O–H groups in total. The maximum atomic E-state index is 12.4. The van der Waals surface area contributed by atoms with Crippen molar-refractivity contribution in [1.29, 1.82) is 0 Å². The Morgan fingerprint density at radius 3 is 2.53 bits per heavy atom. The number of carbonyl (C=O) groups excluding carboxylic acids is 2. The number of fused-ring (bicyclic) bond motifs is 1. The fraction of sp³-hybridized carbons (Fsp3) is 0.154. The zero-order valence-corrected chi connectivity index (χ0v) is 17.7. The SMILES string of the molecule is CC(NC(=O)COc1cccc(C(=O)NCc2ccccc2)c1)c1cc2ccccc2o1. The number of hydrogen-bond donors (Lipinski definition) is 2. The molecule has 0 spiro atoms. The molecule has 4 rings (SSSR count). The molecule has 0 aliphatic carbocycles. The third-order valence-corrected chi connectivity index (χ3v) is 5.01. The molecular weight excluding hydrogens is 404 g/mol. The number of benzene rings is 3. The van der Waals surface area contributed by atoms with Gasteiger partial charge in [-0.15, -0.1) is 0 Å². The van der Waals surface area contributed by atoms with E-state index in [0.29, 0.717) is 23.6 Å². The fourth-order valence-electron chi connectivity index (χ4n) is 3.33. The molecule has 0 fully saturated rings. The van der Waals surface area contributed by atoms with Gasteiger partial charge in [-0.05, 0) is 42.8 Å². The molecule has 6 heteroatoms. The monoisotopic (exact) mass is 428 g/mol. The first kappa shape index (κ1) is 21.2. The summed E-state index contributed by atoms with van der Waals surface area (Å²) >= 11 is 0. The lowest BCUT2D eigenvalue weighted by molar-refractivity contribution is -0.123. The van der Waals surface area contributed by atoms with Gasteiger partial charge in [-0.25, -0.2) is 0 Å². The Labute approximate surface area is 186 Å². The van der Waals surface area contributed by atoms with Gasteiger partial charge in [-0.3, -0.25) is 9.59 Å². The summed E-state index contributed by atoms with van der Waals surface area (Å²) in [7, 11) is 0. The first-order chi connectivity index (χ1) is 15.6. The highest BCUT2D eigenvalue weighted by Crippen LogP contribution is 2.23. The Bertz CT molecular complexity index is 1180. The molecule has 1 aromatic heterocycles. The van der Waals surface area contributed by atoms with E-state index in [1.54, 1.807) is 24.3 Å². The van der Waals surface area contributed by atoms with Crippen molar-refractivity contribution in [2.45, 2.75) is 19.5 Å². The van der Waals surface area contributed by atoms with Gasteiger partial charge in [-0.2, -0.15) is 0 Å². The normalized spacial score (nSPS) is 11.7. The highest BCUT2D eigenvalue weighted by atomic mass is 16.5. The van der Waals surface area contributed by atoms with Crippen molar-refractivity contribution < 1.29 is 18.7 Å². The zero-order valence-electron chi connectivity index (χ0n) is 17.7. The molecule has 0 bridgehead atoms. The molecule has 0 saturated carbocycles. The summed E-state index contributed by atoms with van der Waals surface area (Å²) in [6.07, 6.45) is 0. The lowest BCUT2D eigenvalue weighted by Gasteiger charge is -2.12. The van der Waals surface area contributed by atoms with Gasteiger partial charge in [0, 0.05) is 17.5 Å². The van der Waals surface area contributed by atoms with Gasteiger partial charge in [0.15, 0.2) is 6.61 Å². The molecule has 0 saturated heterocycles. The third-order valence-electron chi connectivity index (χ3n) is 5.01. The van der Waals surface area contributed by atoms with E-state index in [0.717, 1.165) is 16.5 Å². The molecule has 0 radical (unpaired) electrons. The number of nitrogens with one attached hydrogen (secondary N) is 2. The standard InChI is InChI=1S/C26H24N2O4/c1-18(24-15-20-10-5-6-13-23(20)32-24)28-25(29)17-31-22-12-7-11-21(14-22)26(30)27-16-19-8-3-2-4-9-19/h2-15,18H,16-17H2,1H3,(H,27,30)(H,28,29). The second kappa shape index (κ2) is 9.83. The number of furan rings is 1. The average molecular weight is 428 g/mol. The van der Waals surface area contributed by atoms with Gasteiger partial charge < -0.3 is 19.8 Å².